The van der Waals surface area contributed by atoms with Gasteiger partial charge < -0.3 is 15.4 Å². The van der Waals surface area contributed by atoms with Crippen molar-refractivity contribution < 1.29 is 14.3 Å². The number of benzene rings is 2. The number of hydrogen-bond donors (Lipinski definition) is 1. The van der Waals surface area contributed by atoms with Gasteiger partial charge in [0.25, 0.3) is 5.91 Å². The van der Waals surface area contributed by atoms with Gasteiger partial charge in [0.15, 0.2) is 0 Å². The summed E-state index contributed by atoms with van der Waals surface area (Å²) in [5.74, 6) is 0.203. The Bertz CT molecular complexity index is 1140. The molecule has 7 heteroatoms. The summed E-state index contributed by atoms with van der Waals surface area (Å²) in [6, 6.07) is 15.5. The van der Waals surface area contributed by atoms with E-state index in [-0.39, 0.29) is 17.7 Å². The Labute approximate surface area is 187 Å². The van der Waals surface area contributed by atoms with Crippen molar-refractivity contribution in [3.05, 3.63) is 65.4 Å². The van der Waals surface area contributed by atoms with Crippen molar-refractivity contribution >= 4 is 11.8 Å². The second-order valence-electron chi connectivity index (χ2n) is 8.31. The lowest BCUT2D eigenvalue weighted by Gasteiger charge is -2.30. The van der Waals surface area contributed by atoms with Gasteiger partial charge in [-0.05, 0) is 68.7 Å². The molecule has 2 N–H and O–H groups in total. The number of piperidine rings is 1. The van der Waals surface area contributed by atoms with E-state index in [0.717, 1.165) is 28.1 Å². The summed E-state index contributed by atoms with van der Waals surface area (Å²) in [7, 11) is 1.63. The normalized spacial score (nSPS) is 14.4. The van der Waals surface area contributed by atoms with Crippen LogP contribution in [0.2, 0.25) is 0 Å². The molecule has 32 heavy (non-hydrogen) atoms. The molecule has 1 aliphatic heterocycles. The van der Waals surface area contributed by atoms with E-state index in [2.05, 4.69) is 6.07 Å². The van der Waals surface area contributed by atoms with E-state index < -0.39 is 0 Å². The number of rotatable bonds is 5. The van der Waals surface area contributed by atoms with E-state index in [1.54, 1.807) is 16.7 Å². The van der Waals surface area contributed by atoms with E-state index in [4.69, 9.17) is 15.6 Å². The summed E-state index contributed by atoms with van der Waals surface area (Å²) in [6.45, 7) is 5.06. The number of amides is 2. The Morgan fingerprint density at radius 3 is 2.31 bits per heavy atom. The lowest BCUT2D eigenvalue weighted by Crippen LogP contribution is -2.42. The minimum atomic E-state index is -0.292. The van der Waals surface area contributed by atoms with Crippen molar-refractivity contribution in [3.63, 3.8) is 0 Å². The van der Waals surface area contributed by atoms with Crippen molar-refractivity contribution in [1.82, 2.24) is 14.7 Å². The van der Waals surface area contributed by atoms with Crippen LogP contribution in [0.15, 0.2) is 48.5 Å². The molecule has 3 aromatic rings. The number of primary amides is 1. The minimum absolute atomic E-state index is 0.0971. The number of methoxy groups -OCH3 is 1. The molecule has 0 atom stereocenters. The Balaban J connectivity index is 1.73. The first-order valence-corrected chi connectivity index (χ1v) is 10.8. The van der Waals surface area contributed by atoms with Crippen molar-refractivity contribution in [2.45, 2.75) is 26.7 Å². The average molecular weight is 433 g/mol. The van der Waals surface area contributed by atoms with Crippen molar-refractivity contribution in [2.75, 3.05) is 20.2 Å². The molecular weight excluding hydrogens is 404 g/mol. The molecule has 0 radical (unpaired) electrons. The van der Waals surface area contributed by atoms with Crippen LogP contribution in [0.5, 0.6) is 5.75 Å². The zero-order chi connectivity index (χ0) is 22.8. The second-order valence-corrected chi connectivity index (χ2v) is 8.31. The Morgan fingerprint density at radius 2 is 1.72 bits per heavy atom. The fourth-order valence-corrected chi connectivity index (χ4v) is 4.19. The molecule has 1 fully saturated rings. The SMILES string of the molecule is COc1ccc(-c2cc(C(=O)N3CCC(C(N)=O)CC3)n(-c3ccc(C)cc3C)n2)cc1. The summed E-state index contributed by atoms with van der Waals surface area (Å²) in [5, 5.41) is 4.81. The molecule has 0 aliphatic carbocycles. The third-order valence-corrected chi connectivity index (χ3v) is 6.08. The summed E-state index contributed by atoms with van der Waals surface area (Å²) in [6.07, 6.45) is 1.17. The summed E-state index contributed by atoms with van der Waals surface area (Å²) in [5.41, 5.74) is 10.6. The average Bonchev–Trinajstić information content (AvgIpc) is 3.23. The van der Waals surface area contributed by atoms with Crippen molar-refractivity contribution in [3.8, 4) is 22.7 Å². The molecule has 166 valence electrons. The van der Waals surface area contributed by atoms with Gasteiger partial charge in [-0.3, -0.25) is 9.59 Å². The maximum atomic E-state index is 13.5. The quantitative estimate of drug-likeness (QED) is 0.668. The summed E-state index contributed by atoms with van der Waals surface area (Å²) < 4.78 is 6.99. The predicted molar refractivity (Wildman–Crippen MR) is 123 cm³/mol. The molecule has 2 heterocycles. The number of ether oxygens (including phenoxy) is 1. The number of carbonyl (C=O) groups excluding carboxylic acids is 2. The van der Waals surface area contributed by atoms with E-state index in [0.29, 0.717) is 37.3 Å². The highest BCUT2D eigenvalue weighted by molar-refractivity contribution is 5.94. The lowest BCUT2D eigenvalue weighted by atomic mass is 9.96. The number of likely N-dealkylation sites (tertiary alicyclic amines) is 1. The fraction of sp³-hybridized carbons (Fsp3) is 0.320. The number of aromatic nitrogens is 2. The molecule has 1 aromatic heterocycles. The number of aryl methyl sites for hydroxylation is 2. The summed E-state index contributed by atoms with van der Waals surface area (Å²) >= 11 is 0. The maximum Gasteiger partial charge on any atom is 0.272 e. The van der Waals surface area contributed by atoms with Crippen molar-refractivity contribution in [2.24, 2.45) is 11.7 Å². The van der Waals surface area contributed by atoms with Gasteiger partial charge in [-0.2, -0.15) is 5.10 Å². The van der Waals surface area contributed by atoms with E-state index >= 15 is 0 Å². The van der Waals surface area contributed by atoms with Gasteiger partial charge in [-0.1, -0.05) is 17.7 Å². The molecule has 1 saturated heterocycles. The standard InChI is InChI=1S/C25H28N4O3/c1-16-4-9-22(17(2)14-16)29-23(25(31)28-12-10-19(11-13-28)24(26)30)15-21(27-29)18-5-7-20(32-3)8-6-18/h4-9,14-15,19H,10-13H2,1-3H3,(H2,26,30). The van der Waals surface area contributed by atoms with Crippen LogP contribution in [0.4, 0.5) is 0 Å². The first-order valence-electron chi connectivity index (χ1n) is 10.8. The number of carbonyl (C=O) groups is 2. The largest absolute Gasteiger partial charge is 0.497 e. The Morgan fingerprint density at radius 1 is 1.03 bits per heavy atom. The van der Waals surface area contributed by atoms with Crippen LogP contribution in [0.3, 0.4) is 0 Å². The van der Waals surface area contributed by atoms with Gasteiger partial charge in [-0.25, -0.2) is 4.68 Å². The van der Waals surface area contributed by atoms with E-state index in [9.17, 15) is 9.59 Å². The van der Waals surface area contributed by atoms with Crippen molar-refractivity contribution in [1.29, 1.82) is 0 Å². The highest BCUT2D eigenvalue weighted by atomic mass is 16.5. The molecule has 7 nitrogen and oxygen atoms in total. The predicted octanol–water partition coefficient (Wildman–Crippen LogP) is 3.50. The first-order chi connectivity index (χ1) is 15.4. The van der Waals surface area contributed by atoms with Gasteiger partial charge in [0, 0.05) is 24.6 Å². The molecule has 4 rings (SSSR count). The van der Waals surface area contributed by atoms with Gasteiger partial charge in [0.05, 0.1) is 18.5 Å². The number of hydrogen-bond acceptors (Lipinski definition) is 4. The van der Waals surface area contributed by atoms with E-state index in [1.165, 1.54) is 0 Å². The molecule has 1 aliphatic rings. The Hall–Kier alpha value is -3.61. The molecule has 0 spiro atoms. The topological polar surface area (TPSA) is 90.5 Å². The Kier molecular flexibility index (Phi) is 5.99. The zero-order valence-corrected chi connectivity index (χ0v) is 18.7. The molecular formula is C25H28N4O3. The molecule has 0 saturated carbocycles. The monoisotopic (exact) mass is 432 g/mol. The van der Waals surface area contributed by atoms with Crippen LogP contribution in [-0.2, 0) is 4.79 Å². The second kappa shape index (κ2) is 8.86. The van der Waals surface area contributed by atoms with Gasteiger partial charge in [-0.15, -0.1) is 0 Å². The first kappa shape index (κ1) is 21.6. The fourth-order valence-electron chi connectivity index (χ4n) is 4.19. The van der Waals surface area contributed by atoms with Crippen LogP contribution >= 0.6 is 0 Å². The molecule has 0 unspecified atom stereocenters. The zero-order valence-electron chi connectivity index (χ0n) is 18.7. The van der Waals surface area contributed by atoms with Crippen LogP contribution in [0.1, 0.15) is 34.5 Å². The lowest BCUT2D eigenvalue weighted by molar-refractivity contribution is -0.123. The van der Waals surface area contributed by atoms with E-state index in [1.807, 2.05) is 56.3 Å². The van der Waals surface area contributed by atoms with Gasteiger partial charge in [0.2, 0.25) is 5.91 Å². The molecule has 2 amide bonds. The molecule has 0 bridgehead atoms. The third kappa shape index (κ3) is 4.23. The molecule has 2 aromatic carbocycles. The smallest absolute Gasteiger partial charge is 0.272 e. The highest BCUT2D eigenvalue weighted by Gasteiger charge is 2.29. The third-order valence-electron chi connectivity index (χ3n) is 6.08. The minimum Gasteiger partial charge on any atom is -0.497 e. The van der Waals surface area contributed by atoms with Crippen LogP contribution in [0, 0.1) is 19.8 Å². The van der Waals surface area contributed by atoms with Crippen LogP contribution < -0.4 is 10.5 Å². The van der Waals surface area contributed by atoms with Gasteiger partial charge >= 0.3 is 0 Å². The maximum absolute atomic E-state index is 13.5. The summed E-state index contributed by atoms with van der Waals surface area (Å²) in [4.78, 5) is 26.8. The van der Waals surface area contributed by atoms with Gasteiger partial charge in [0.1, 0.15) is 11.4 Å². The highest BCUT2D eigenvalue weighted by Crippen LogP contribution is 2.27. The van der Waals surface area contributed by atoms with Crippen LogP contribution in [0.25, 0.3) is 16.9 Å². The number of nitrogens with two attached hydrogens (primary N) is 1. The van der Waals surface area contributed by atoms with Crippen LogP contribution in [-0.4, -0.2) is 46.7 Å². The number of nitrogens with zero attached hydrogens (tertiary/aromatic N) is 3.